The van der Waals surface area contributed by atoms with Crippen molar-refractivity contribution in [3.8, 4) is 0 Å². The average molecular weight is 364 g/mol. The van der Waals surface area contributed by atoms with Crippen molar-refractivity contribution in [3.05, 3.63) is 23.8 Å². The first-order chi connectivity index (χ1) is 12.6. The van der Waals surface area contributed by atoms with Gasteiger partial charge in [-0.1, -0.05) is 13.0 Å². The number of nitrogens with two attached hydrogens (primary N) is 1. The fraction of sp³-hybridized carbons (Fsp3) is 0.650. The SMILES string of the molecule is CCC(CC(=O)OC)c1ccc(N(CCOC)C2CCOCC2)c(N)c1. The molecule has 0 amide bonds. The van der Waals surface area contributed by atoms with Gasteiger partial charge in [0.05, 0.1) is 31.5 Å². The van der Waals surface area contributed by atoms with Gasteiger partial charge >= 0.3 is 5.97 Å². The summed E-state index contributed by atoms with van der Waals surface area (Å²) in [6.45, 7) is 5.08. The molecule has 1 atom stereocenters. The summed E-state index contributed by atoms with van der Waals surface area (Å²) in [6.07, 6.45) is 3.22. The van der Waals surface area contributed by atoms with Crippen LogP contribution in [0.15, 0.2) is 18.2 Å². The molecule has 1 fully saturated rings. The van der Waals surface area contributed by atoms with Gasteiger partial charge in [0.1, 0.15) is 0 Å². The van der Waals surface area contributed by atoms with E-state index in [0.29, 0.717) is 19.1 Å². The molecule has 1 aliphatic heterocycles. The third kappa shape index (κ3) is 5.35. The number of anilines is 2. The van der Waals surface area contributed by atoms with E-state index in [9.17, 15) is 4.79 Å². The summed E-state index contributed by atoms with van der Waals surface area (Å²) in [5.41, 5.74) is 9.28. The van der Waals surface area contributed by atoms with Crippen molar-refractivity contribution < 1.29 is 19.0 Å². The fourth-order valence-electron chi connectivity index (χ4n) is 3.56. The Morgan fingerprint density at radius 2 is 2.08 bits per heavy atom. The van der Waals surface area contributed by atoms with E-state index in [1.807, 2.05) is 6.07 Å². The third-order valence-electron chi connectivity index (χ3n) is 5.13. The van der Waals surface area contributed by atoms with Crippen LogP contribution in [0.1, 0.15) is 44.1 Å². The van der Waals surface area contributed by atoms with Gasteiger partial charge in [-0.25, -0.2) is 0 Å². The Bertz CT molecular complexity index is 573. The largest absolute Gasteiger partial charge is 0.469 e. The van der Waals surface area contributed by atoms with Gasteiger partial charge in [-0.05, 0) is 42.9 Å². The molecule has 2 rings (SSSR count). The van der Waals surface area contributed by atoms with Crippen molar-refractivity contribution in [1.82, 2.24) is 0 Å². The Morgan fingerprint density at radius 3 is 2.65 bits per heavy atom. The Kier molecular flexibility index (Phi) is 8.19. The lowest BCUT2D eigenvalue weighted by molar-refractivity contribution is -0.141. The summed E-state index contributed by atoms with van der Waals surface area (Å²) in [5.74, 6) is -0.0715. The molecule has 1 saturated heterocycles. The summed E-state index contributed by atoms with van der Waals surface area (Å²) < 4.78 is 15.6. The number of carbonyl (C=O) groups is 1. The summed E-state index contributed by atoms with van der Waals surface area (Å²) in [6, 6.07) is 6.58. The third-order valence-corrected chi connectivity index (χ3v) is 5.13. The highest BCUT2D eigenvalue weighted by atomic mass is 16.5. The van der Waals surface area contributed by atoms with E-state index in [0.717, 1.165) is 56.0 Å². The number of hydrogen-bond donors (Lipinski definition) is 1. The van der Waals surface area contributed by atoms with Crippen LogP contribution in [0.3, 0.4) is 0 Å². The molecule has 6 nitrogen and oxygen atoms in total. The number of ether oxygens (including phenoxy) is 3. The smallest absolute Gasteiger partial charge is 0.306 e. The standard InChI is InChI=1S/C20H32N2O4/c1-4-15(14-20(23)25-3)16-5-6-19(18(21)13-16)22(9-12-24-2)17-7-10-26-11-8-17/h5-6,13,15,17H,4,7-12,14,21H2,1-3H3. The van der Waals surface area contributed by atoms with Gasteiger partial charge in [0.15, 0.2) is 0 Å². The number of nitrogen functional groups attached to an aromatic ring is 1. The second-order valence-corrected chi connectivity index (χ2v) is 6.73. The molecule has 2 N–H and O–H groups in total. The van der Waals surface area contributed by atoms with Gasteiger partial charge in [0.2, 0.25) is 0 Å². The minimum Gasteiger partial charge on any atom is -0.469 e. The minimum absolute atomic E-state index is 0.120. The van der Waals surface area contributed by atoms with E-state index >= 15 is 0 Å². The number of carbonyl (C=O) groups excluding carboxylic acids is 1. The molecule has 0 aromatic heterocycles. The van der Waals surface area contributed by atoms with Crippen molar-refractivity contribution in [3.63, 3.8) is 0 Å². The molecular formula is C20H32N2O4. The number of rotatable bonds is 9. The zero-order valence-electron chi connectivity index (χ0n) is 16.2. The molecule has 0 bridgehead atoms. The molecule has 146 valence electrons. The zero-order chi connectivity index (χ0) is 18.9. The molecular weight excluding hydrogens is 332 g/mol. The van der Waals surface area contributed by atoms with E-state index < -0.39 is 0 Å². The Morgan fingerprint density at radius 1 is 1.35 bits per heavy atom. The molecule has 1 aromatic carbocycles. The number of esters is 1. The number of nitrogens with zero attached hydrogens (tertiary/aromatic N) is 1. The monoisotopic (exact) mass is 364 g/mol. The summed E-state index contributed by atoms with van der Waals surface area (Å²) >= 11 is 0. The van der Waals surface area contributed by atoms with E-state index in [4.69, 9.17) is 19.9 Å². The summed E-state index contributed by atoms with van der Waals surface area (Å²) in [5, 5.41) is 0. The highest BCUT2D eigenvalue weighted by molar-refractivity contribution is 5.72. The second-order valence-electron chi connectivity index (χ2n) is 6.73. The minimum atomic E-state index is -0.191. The van der Waals surface area contributed by atoms with Crippen LogP contribution in [0.25, 0.3) is 0 Å². The Balaban J connectivity index is 2.22. The van der Waals surface area contributed by atoms with Gasteiger partial charge in [-0.15, -0.1) is 0 Å². The molecule has 0 radical (unpaired) electrons. The van der Waals surface area contributed by atoms with Gasteiger partial charge in [0.25, 0.3) is 0 Å². The van der Waals surface area contributed by atoms with Crippen LogP contribution in [0.4, 0.5) is 11.4 Å². The normalized spacial score (nSPS) is 16.3. The lowest BCUT2D eigenvalue weighted by Gasteiger charge is -2.37. The van der Waals surface area contributed by atoms with E-state index in [1.54, 1.807) is 7.11 Å². The first kappa shape index (κ1) is 20.5. The van der Waals surface area contributed by atoms with Gasteiger partial charge in [-0.2, -0.15) is 0 Å². The lowest BCUT2D eigenvalue weighted by Crippen LogP contribution is -2.41. The van der Waals surface area contributed by atoms with E-state index in [2.05, 4.69) is 24.0 Å². The molecule has 26 heavy (non-hydrogen) atoms. The average Bonchev–Trinajstić information content (AvgIpc) is 2.68. The van der Waals surface area contributed by atoms with Crippen LogP contribution in [0, 0.1) is 0 Å². The van der Waals surface area contributed by atoms with Crippen LogP contribution in [0.2, 0.25) is 0 Å². The van der Waals surface area contributed by atoms with Crippen LogP contribution < -0.4 is 10.6 Å². The number of hydrogen-bond acceptors (Lipinski definition) is 6. The van der Waals surface area contributed by atoms with Crippen molar-refractivity contribution in [2.24, 2.45) is 0 Å². The van der Waals surface area contributed by atoms with E-state index in [-0.39, 0.29) is 11.9 Å². The zero-order valence-corrected chi connectivity index (χ0v) is 16.2. The van der Waals surface area contributed by atoms with Gasteiger partial charge < -0.3 is 24.8 Å². The quantitative estimate of drug-likeness (QED) is 0.536. The van der Waals surface area contributed by atoms with Crippen molar-refractivity contribution in [2.75, 3.05) is 51.2 Å². The van der Waals surface area contributed by atoms with Crippen molar-refractivity contribution >= 4 is 17.3 Å². The summed E-state index contributed by atoms with van der Waals surface area (Å²) in [4.78, 5) is 14.0. The highest BCUT2D eigenvalue weighted by Crippen LogP contribution is 2.33. The molecule has 1 aliphatic rings. The highest BCUT2D eigenvalue weighted by Gasteiger charge is 2.24. The van der Waals surface area contributed by atoms with E-state index in [1.165, 1.54) is 7.11 Å². The first-order valence-corrected chi connectivity index (χ1v) is 9.40. The molecule has 0 spiro atoms. The van der Waals surface area contributed by atoms with Crippen molar-refractivity contribution in [1.29, 1.82) is 0 Å². The maximum absolute atomic E-state index is 11.7. The lowest BCUT2D eigenvalue weighted by atomic mass is 9.92. The molecule has 1 aromatic rings. The molecule has 6 heteroatoms. The molecule has 1 heterocycles. The topological polar surface area (TPSA) is 74.0 Å². The van der Waals surface area contributed by atoms with Crippen LogP contribution >= 0.6 is 0 Å². The predicted molar refractivity (Wildman–Crippen MR) is 104 cm³/mol. The maximum atomic E-state index is 11.7. The molecule has 0 saturated carbocycles. The maximum Gasteiger partial charge on any atom is 0.306 e. The Labute approximate surface area is 156 Å². The van der Waals surface area contributed by atoms with Gasteiger partial charge in [-0.3, -0.25) is 4.79 Å². The van der Waals surface area contributed by atoms with Crippen molar-refractivity contribution in [2.45, 2.75) is 44.6 Å². The second kappa shape index (κ2) is 10.4. The van der Waals surface area contributed by atoms with Gasteiger partial charge in [0, 0.05) is 32.9 Å². The van der Waals surface area contributed by atoms with Crippen LogP contribution in [-0.2, 0) is 19.0 Å². The first-order valence-electron chi connectivity index (χ1n) is 9.40. The summed E-state index contributed by atoms with van der Waals surface area (Å²) in [7, 11) is 3.14. The van der Waals surface area contributed by atoms with Crippen LogP contribution in [0.5, 0.6) is 0 Å². The number of benzene rings is 1. The Hall–Kier alpha value is -1.79. The predicted octanol–water partition coefficient (Wildman–Crippen LogP) is 2.96. The number of methoxy groups -OCH3 is 2. The van der Waals surface area contributed by atoms with Crippen LogP contribution in [-0.4, -0.2) is 52.6 Å². The molecule has 0 aliphatic carbocycles. The fourth-order valence-corrected chi connectivity index (χ4v) is 3.56. The molecule has 1 unspecified atom stereocenters.